The van der Waals surface area contributed by atoms with Gasteiger partial charge in [-0.3, -0.25) is 0 Å². The Balaban J connectivity index is 1.45. The van der Waals surface area contributed by atoms with Gasteiger partial charge in [-0.15, -0.1) is 0 Å². The number of fused-ring (bicyclic) bond motifs is 1. The number of aromatic nitrogens is 2. The number of hydrogen-bond acceptors (Lipinski definition) is 4. The van der Waals surface area contributed by atoms with Gasteiger partial charge in [-0.2, -0.15) is 0 Å². The SMILES string of the molecule is O[C@@]12CCNC[C@@H]1CN(CCCn1ccnc1)CC2. The molecule has 0 amide bonds. The molecule has 3 heterocycles. The molecule has 1 aromatic heterocycles. The summed E-state index contributed by atoms with van der Waals surface area (Å²) in [5.74, 6) is 0.406. The van der Waals surface area contributed by atoms with Crippen LogP contribution in [0.3, 0.4) is 0 Å². The molecule has 0 saturated carbocycles. The molecule has 2 fully saturated rings. The quantitative estimate of drug-likeness (QED) is 0.822. The van der Waals surface area contributed by atoms with Crippen LogP contribution in [0.15, 0.2) is 18.7 Å². The molecule has 0 bridgehead atoms. The van der Waals surface area contributed by atoms with Crippen molar-refractivity contribution in [2.45, 2.75) is 31.4 Å². The first kappa shape index (κ1) is 13.1. The highest BCUT2D eigenvalue weighted by Gasteiger charge is 2.42. The molecule has 2 atom stereocenters. The number of nitrogens with one attached hydrogen (secondary N) is 1. The summed E-state index contributed by atoms with van der Waals surface area (Å²) in [7, 11) is 0. The summed E-state index contributed by atoms with van der Waals surface area (Å²) in [5, 5.41) is 14.0. The number of piperidine rings is 2. The highest BCUT2D eigenvalue weighted by molar-refractivity contribution is 4.97. The number of nitrogens with zero attached hydrogens (tertiary/aromatic N) is 3. The van der Waals surface area contributed by atoms with E-state index in [0.29, 0.717) is 5.92 Å². The minimum absolute atomic E-state index is 0.397. The molecular formula is C14H24N4O. The second kappa shape index (κ2) is 5.61. The summed E-state index contributed by atoms with van der Waals surface area (Å²) in [6, 6.07) is 0. The first-order chi connectivity index (χ1) is 9.26. The predicted octanol–water partition coefficient (Wildman–Crippen LogP) is 0.320. The minimum atomic E-state index is -0.397. The van der Waals surface area contributed by atoms with E-state index in [0.717, 1.165) is 58.5 Å². The summed E-state index contributed by atoms with van der Waals surface area (Å²) < 4.78 is 2.13. The molecule has 0 aliphatic carbocycles. The summed E-state index contributed by atoms with van der Waals surface area (Å²) in [6.45, 7) is 6.15. The maximum Gasteiger partial charge on any atom is 0.0945 e. The summed E-state index contributed by atoms with van der Waals surface area (Å²) >= 11 is 0. The lowest BCUT2D eigenvalue weighted by atomic mass is 9.76. The fourth-order valence-electron chi connectivity index (χ4n) is 3.39. The zero-order valence-electron chi connectivity index (χ0n) is 11.5. The Morgan fingerprint density at radius 3 is 3.16 bits per heavy atom. The van der Waals surface area contributed by atoms with Gasteiger partial charge in [0.25, 0.3) is 0 Å². The van der Waals surface area contributed by atoms with E-state index < -0.39 is 5.60 Å². The van der Waals surface area contributed by atoms with E-state index in [2.05, 4.69) is 19.8 Å². The van der Waals surface area contributed by atoms with Gasteiger partial charge in [0.15, 0.2) is 0 Å². The molecule has 2 aliphatic heterocycles. The normalized spacial score (nSPS) is 32.2. The molecule has 0 radical (unpaired) electrons. The van der Waals surface area contributed by atoms with Crippen molar-refractivity contribution in [3.63, 3.8) is 0 Å². The Kier molecular flexibility index (Phi) is 3.86. The Morgan fingerprint density at radius 1 is 1.37 bits per heavy atom. The highest BCUT2D eigenvalue weighted by atomic mass is 16.3. The monoisotopic (exact) mass is 264 g/mol. The van der Waals surface area contributed by atoms with Crippen LogP contribution >= 0.6 is 0 Å². The number of aliphatic hydroxyl groups is 1. The molecule has 0 unspecified atom stereocenters. The third-order valence-electron chi connectivity index (χ3n) is 4.67. The molecular weight excluding hydrogens is 240 g/mol. The molecule has 5 nitrogen and oxygen atoms in total. The van der Waals surface area contributed by atoms with Crippen LogP contribution in [0.25, 0.3) is 0 Å². The average Bonchev–Trinajstić information content (AvgIpc) is 2.92. The van der Waals surface area contributed by atoms with Crippen molar-refractivity contribution < 1.29 is 5.11 Å². The van der Waals surface area contributed by atoms with Gasteiger partial charge in [0, 0.05) is 44.5 Å². The minimum Gasteiger partial charge on any atom is -0.389 e. The van der Waals surface area contributed by atoms with Crippen molar-refractivity contribution in [3.05, 3.63) is 18.7 Å². The predicted molar refractivity (Wildman–Crippen MR) is 73.8 cm³/mol. The van der Waals surface area contributed by atoms with E-state index in [9.17, 15) is 5.11 Å². The number of likely N-dealkylation sites (tertiary alicyclic amines) is 1. The summed E-state index contributed by atoms with van der Waals surface area (Å²) in [6.07, 6.45) is 8.72. The van der Waals surface area contributed by atoms with Gasteiger partial charge in [-0.1, -0.05) is 0 Å². The molecule has 0 aromatic carbocycles. The van der Waals surface area contributed by atoms with E-state index in [1.54, 1.807) is 0 Å². The smallest absolute Gasteiger partial charge is 0.0945 e. The highest BCUT2D eigenvalue weighted by Crippen LogP contribution is 2.32. The lowest BCUT2D eigenvalue weighted by Gasteiger charge is -2.47. The average molecular weight is 264 g/mol. The van der Waals surface area contributed by atoms with E-state index in [4.69, 9.17) is 0 Å². The van der Waals surface area contributed by atoms with Crippen LogP contribution in [0.5, 0.6) is 0 Å². The number of imidazole rings is 1. The Labute approximate surface area is 114 Å². The van der Waals surface area contributed by atoms with Crippen LogP contribution < -0.4 is 5.32 Å². The van der Waals surface area contributed by atoms with Gasteiger partial charge >= 0.3 is 0 Å². The number of aryl methyl sites for hydroxylation is 1. The second-order valence-electron chi connectivity index (χ2n) is 5.96. The lowest BCUT2D eigenvalue weighted by Crippen LogP contribution is -2.59. The van der Waals surface area contributed by atoms with E-state index >= 15 is 0 Å². The standard InChI is InChI=1S/C14H24N4O/c19-14-2-4-15-10-13(14)11-17(8-3-14)6-1-7-18-9-5-16-12-18/h5,9,12-13,15,19H,1-4,6-8,10-11H2/t13-,14-/m1/s1. The van der Waals surface area contributed by atoms with Crippen molar-refractivity contribution in [2.75, 3.05) is 32.7 Å². The second-order valence-corrected chi connectivity index (χ2v) is 5.96. The molecule has 2 N–H and O–H groups in total. The lowest BCUT2D eigenvalue weighted by molar-refractivity contribution is -0.0885. The van der Waals surface area contributed by atoms with Crippen LogP contribution in [0, 0.1) is 5.92 Å². The van der Waals surface area contributed by atoms with Crippen molar-refractivity contribution in [3.8, 4) is 0 Å². The fraction of sp³-hybridized carbons (Fsp3) is 0.786. The Hall–Kier alpha value is -0.910. The van der Waals surface area contributed by atoms with E-state index in [-0.39, 0.29) is 0 Å². The molecule has 106 valence electrons. The molecule has 3 rings (SSSR count). The first-order valence-corrected chi connectivity index (χ1v) is 7.37. The Morgan fingerprint density at radius 2 is 2.32 bits per heavy atom. The van der Waals surface area contributed by atoms with Crippen LogP contribution in [-0.4, -0.2) is 57.9 Å². The van der Waals surface area contributed by atoms with Gasteiger partial charge in [-0.25, -0.2) is 4.98 Å². The summed E-state index contributed by atoms with van der Waals surface area (Å²) in [4.78, 5) is 6.56. The zero-order chi connectivity index (χ0) is 13.1. The molecule has 2 aliphatic rings. The number of hydrogen-bond donors (Lipinski definition) is 2. The van der Waals surface area contributed by atoms with Gasteiger partial charge in [0.2, 0.25) is 0 Å². The summed E-state index contributed by atoms with van der Waals surface area (Å²) in [5.41, 5.74) is -0.397. The van der Waals surface area contributed by atoms with E-state index in [1.165, 1.54) is 0 Å². The van der Waals surface area contributed by atoms with Crippen LogP contribution in [0.1, 0.15) is 19.3 Å². The number of rotatable bonds is 4. The largest absolute Gasteiger partial charge is 0.389 e. The van der Waals surface area contributed by atoms with Gasteiger partial charge in [0.05, 0.1) is 11.9 Å². The molecule has 2 saturated heterocycles. The third-order valence-corrected chi connectivity index (χ3v) is 4.67. The fourth-order valence-corrected chi connectivity index (χ4v) is 3.39. The molecule has 19 heavy (non-hydrogen) atoms. The maximum absolute atomic E-state index is 10.6. The van der Waals surface area contributed by atoms with E-state index in [1.807, 2.05) is 18.7 Å². The van der Waals surface area contributed by atoms with Crippen LogP contribution in [0.2, 0.25) is 0 Å². The van der Waals surface area contributed by atoms with Crippen molar-refractivity contribution in [1.82, 2.24) is 19.8 Å². The third kappa shape index (κ3) is 2.99. The van der Waals surface area contributed by atoms with Gasteiger partial charge in [-0.05, 0) is 32.4 Å². The first-order valence-electron chi connectivity index (χ1n) is 7.37. The Bertz CT molecular complexity index is 394. The van der Waals surface area contributed by atoms with Crippen molar-refractivity contribution in [1.29, 1.82) is 0 Å². The van der Waals surface area contributed by atoms with Gasteiger partial charge in [0.1, 0.15) is 0 Å². The van der Waals surface area contributed by atoms with Crippen molar-refractivity contribution in [2.24, 2.45) is 5.92 Å². The van der Waals surface area contributed by atoms with Crippen molar-refractivity contribution >= 4 is 0 Å². The van der Waals surface area contributed by atoms with Crippen LogP contribution in [-0.2, 0) is 6.54 Å². The van der Waals surface area contributed by atoms with Gasteiger partial charge < -0.3 is 19.9 Å². The molecule has 1 aromatic rings. The maximum atomic E-state index is 10.6. The molecule has 0 spiro atoms. The molecule has 5 heteroatoms. The van der Waals surface area contributed by atoms with Crippen LogP contribution in [0.4, 0.5) is 0 Å². The zero-order valence-corrected chi connectivity index (χ0v) is 11.5. The topological polar surface area (TPSA) is 53.3 Å².